The molecule has 2 heterocycles. The molecule has 1 aliphatic rings. The van der Waals surface area contributed by atoms with Crippen LogP contribution in [0.5, 0.6) is 17.2 Å². The summed E-state index contributed by atoms with van der Waals surface area (Å²) in [6.07, 6.45) is 1.71. The maximum absolute atomic E-state index is 12.4. The third-order valence-electron chi connectivity index (χ3n) is 4.60. The van der Waals surface area contributed by atoms with Crippen molar-refractivity contribution in [2.75, 3.05) is 25.1 Å². The van der Waals surface area contributed by atoms with Crippen molar-refractivity contribution in [1.82, 2.24) is 0 Å². The number of ether oxygens (including phenoxy) is 3. The van der Waals surface area contributed by atoms with Gasteiger partial charge in [-0.3, -0.25) is 4.79 Å². The molecule has 156 valence electrons. The molecule has 2 aromatic carbocycles. The Hall–Kier alpha value is -3.00. The number of rotatable bonds is 6. The first-order chi connectivity index (χ1) is 14.5. The van der Waals surface area contributed by atoms with Crippen molar-refractivity contribution in [3.8, 4) is 17.2 Å². The zero-order valence-corrected chi connectivity index (χ0v) is 17.9. The van der Waals surface area contributed by atoms with Gasteiger partial charge in [0, 0.05) is 34.1 Å². The van der Waals surface area contributed by atoms with Crippen LogP contribution in [0.1, 0.15) is 18.9 Å². The van der Waals surface area contributed by atoms with Gasteiger partial charge in [-0.25, -0.2) is 4.79 Å². The smallest absolute Gasteiger partial charge is 0.336 e. The Balaban J connectivity index is 1.45. The lowest BCUT2D eigenvalue weighted by atomic mass is 10.1. The molecule has 1 aromatic heterocycles. The molecule has 0 saturated carbocycles. The molecule has 1 aliphatic heterocycles. The molecule has 8 heteroatoms. The molecule has 7 nitrogen and oxygen atoms in total. The minimum atomic E-state index is -0.399. The quantitative estimate of drug-likeness (QED) is 0.537. The molecule has 0 spiro atoms. The van der Waals surface area contributed by atoms with Crippen LogP contribution in [0.15, 0.2) is 50.1 Å². The van der Waals surface area contributed by atoms with Gasteiger partial charge in [0.15, 0.2) is 18.1 Å². The minimum absolute atomic E-state index is 0.203. The van der Waals surface area contributed by atoms with Crippen molar-refractivity contribution in [2.45, 2.75) is 19.8 Å². The summed E-state index contributed by atoms with van der Waals surface area (Å²) in [6.45, 7) is 2.80. The zero-order valence-electron chi connectivity index (χ0n) is 16.3. The molecule has 0 fully saturated rings. The van der Waals surface area contributed by atoms with Crippen molar-refractivity contribution in [2.24, 2.45) is 0 Å². The third kappa shape index (κ3) is 4.43. The number of hydrogen-bond donors (Lipinski definition) is 1. The highest BCUT2D eigenvalue weighted by atomic mass is 79.9. The number of anilines is 1. The Morgan fingerprint density at radius 3 is 2.67 bits per heavy atom. The van der Waals surface area contributed by atoms with Crippen LogP contribution in [0.3, 0.4) is 0 Å². The monoisotopic (exact) mass is 473 g/mol. The second-order valence-electron chi connectivity index (χ2n) is 6.81. The first kappa shape index (κ1) is 20.3. The van der Waals surface area contributed by atoms with Crippen molar-refractivity contribution in [1.29, 1.82) is 0 Å². The predicted octanol–water partition coefficient (Wildman–Crippen LogP) is 4.30. The number of amides is 1. The highest BCUT2D eigenvalue weighted by Gasteiger charge is 2.16. The summed E-state index contributed by atoms with van der Waals surface area (Å²) in [5, 5.41) is 3.65. The van der Waals surface area contributed by atoms with E-state index in [0.717, 1.165) is 23.8 Å². The van der Waals surface area contributed by atoms with Crippen molar-refractivity contribution < 1.29 is 23.4 Å². The Bertz CT molecular complexity index is 1160. The summed E-state index contributed by atoms with van der Waals surface area (Å²) < 4.78 is 22.6. The summed E-state index contributed by atoms with van der Waals surface area (Å²) in [5.41, 5.74) is 1.54. The second-order valence-corrected chi connectivity index (χ2v) is 7.67. The van der Waals surface area contributed by atoms with E-state index in [4.69, 9.17) is 18.6 Å². The van der Waals surface area contributed by atoms with Crippen LogP contribution in [0, 0.1) is 0 Å². The molecular formula is C22H20BrNO6. The van der Waals surface area contributed by atoms with E-state index in [2.05, 4.69) is 28.2 Å². The van der Waals surface area contributed by atoms with Crippen LogP contribution in [-0.4, -0.2) is 25.7 Å². The van der Waals surface area contributed by atoms with Crippen LogP contribution < -0.4 is 25.2 Å². The number of nitrogens with one attached hydrogen (secondary N) is 1. The Kier molecular flexibility index (Phi) is 5.94. The molecule has 0 saturated heterocycles. The third-order valence-corrected chi connectivity index (χ3v) is 5.25. The Labute approximate surface area is 181 Å². The minimum Gasteiger partial charge on any atom is -0.486 e. The molecule has 1 N–H and O–H groups in total. The van der Waals surface area contributed by atoms with Gasteiger partial charge in [-0.2, -0.15) is 0 Å². The van der Waals surface area contributed by atoms with Crippen molar-refractivity contribution in [3.63, 3.8) is 0 Å². The summed E-state index contributed by atoms with van der Waals surface area (Å²) in [7, 11) is 0. The zero-order chi connectivity index (χ0) is 21.1. The summed E-state index contributed by atoms with van der Waals surface area (Å²) >= 11 is 3.42. The average molecular weight is 474 g/mol. The second kappa shape index (κ2) is 8.79. The number of aryl methyl sites for hydroxylation is 1. The van der Waals surface area contributed by atoms with Gasteiger partial charge in [0.2, 0.25) is 0 Å². The predicted molar refractivity (Wildman–Crippen MR) is 116 cm³/mol. The molecule has 0 radical (unpaired) electrons. The van der Waals surface area contributed by atoms with E-state index >= 15 is 0 Å². The molecule has 3 aromatic rings. The fourth-order valence-electron chi connectivity index (χ4n) is 3.27. The van der Waals surface area contributed by atoms with E-state index in [-0.39, 0.29) is 12.5 Å². The fraction of sp³-hybridized carbons (Fsp3) is 0.273. The Morgan fingerprint density at radius 1 is 1.13 bits per heavy atom. The van der Waals surface area contributed by atoms with Gasteiger partial charge in [-0.05, 0) is 40.0 Å². The van der Waals surface area contributed by atoms with E-state index in [1.165, 1.54) is 6.07 Å². The lowest BCUT2D eigenvalue weighted by molar-refractivity contribution is -0.118. The average Bonchev–Trinajstić information content (AvgIpc) is 2.72. The highest BCUT2D eigenvalue weighted by Crippen LogP contribution is 2.38. The first-order valence-corrected chi connectivity index (χ1v) is 10.4. The Morgan fingerprint density at radius 2 is 1.90 bits per heavy atom. The molecule has 0 aliphatic carbocycles. The van der Waals surface area contributed by atoms with Crippen LogP contribution in [0.25, 0.3) is 11.0 Å². The van der Waals surface area contributed by atoms with Crippen LogP contribution in [0.4, 0.5) is 5.69 Å². The normalized spacial score (nSPS) is 12.6. The van der Waals surface area contributed by atoms with E-state index < -0.39 is 5.63 Å². The van der Waals surface area contributed by atoms with Crippen LogP contribution in [0.2, 0.25) is 0 Å². The van der Waals surface area contributed by atoms with Gasteiger partial charge in [0.25, 0.3) is 5.91 Å². The number of fused-ring (bicyclic) bond motifs is 2. The standard InChI is InChI=1S/C22H20BrNO6/c1-2-3-13-8-22(26)30-18-9-14(4-5-15(13)18)29-12-21(25)24-17-11-20-19(10-16(17)23)27-6-7-28-20/h4-5,8-11H,2-3,6-7,12H2,1H3,(H,24,25). The number of benzene rings is 2. The van der Waals surface area contributed by atoms with E-state index in [1.54, 1.807) is 24.3 Å². The van der Waals surface area contributed by atoms with Crippen LogP contribution >= 0.6 is 15.9 Å². The van der Waals surface area contributed by atoms with E-state index in [9.17, 15) is 9.59 Å². The number of hydrogen-bond acceptors (Lipinski definition) is 6. The lowest BCUT2D eigenvalue weighted by Crippen LogP contribution is -2.21. The van der Waals surface area contributed by atoms with Crippen LogP contribution in [-0.2, 0) is 11.2 Å². The first-order valence-electron chi connectivity index (χ1n) is 9.62. The van der Waals surface area contributed by atoms with Crippen molar-refractivity contribution in [3.05, 3.63) is 56.9 Å². The SMILES string of the molecule is CCCc1cc(=O)oc2cc(OCC(=O)Nc3cc4c(cc3Br)OCCO4)ccc12. The van der Waals surface area contributed by atoms with Gasteiger partial charge in [-0.1, -0.05) is 13.3 Å². The molecule has 0 atom stereocenters. The lowest BCUT2D eigenvalue weighted by Gasteiger charge is -2.20. The van der Waals surface area contributed by atoms with Gasteiger partial charge in [0.1, 0.15) is 24.5 Å². The molecule has 4 rings (SSSR count). The molecule has 0 unspecified atom stereocenters. The molecule has 1 amide bonds. The molecular weight excluding hydrogens is 454 g/mol. The maximum Gasteiger partial charge on any atom is 0.336 e. The van der Waals surface area contributed by atoms with Gasteiger partial charge >= 0.3 is 5.63 Å². The van der Waals surface area contributed by atoms with Gasteiger partial charge < -0.3 is 23.9 Å². The number of carbonyl (C=O) groups is 1. The fourth-order valence-corrected chi connectivity index (χ4v) is 3.69. The molecule has 0 bridgehead atoms. The number of carbonyl (C=O) groups excluding carboxylic acids is 1. The maximum atomic E-state index is 12.4. The van der Waals surface area contributed by atoms with E-state index in [0.29, 0.717) is 46.2 Å². The molecule has 30 heavy (non-hydrogen) atoms. The highest BCUT2D eigenvalue weighted by molar-refractivity contribution is 9.10. The summed E-state index contributed by atoms with van der Waals surface area (Å²) in [5.74, 6) is 1.31. The van der Waals surface area contributed by atoms with Gasteiger partial charge in [0.05, 0.1) is 5.69 Å². The van der Waals surface area contributed by atoms with Gasteiger partial charge in [-0.15, -0.1) is 0 Å². The summed E-state index contributed by atoms with van der Waals surface area (Å²) in [4.78, 5) is 24.2. The largest absolute Gasteiger partial charge is 0.486 e. The van der Waals surface area contributed by atoms with Crippen molar-refractivity contribution >= 4 is 38.5 Å². The number of halogens is 1. The summed E-state index contributed by atoms with van der Waals surface area (Å²) in [6, 6.07) is 10.2. The van der Waals surface area contributed by atoms with E-state index in [1.807, 2.05) is 6.07 Å². The topological polar surface area (TPSA) is 87.0 Å².